The third-order valence-corrected chi connectivity index (χ3v) is 6.45. The van der Waals surface area contributed by atoms with Crippen LogP contribution < -0.4 is 0 Å². The van der Waals surface area contributed by atoms with Gasteiger partial charge >= 0.3 is 12.1 Å². The average molecular weight is 398 g/mol. The lowest BCUT2D eigenvalue weighted by molar-refractivity contribution is -0.256. The highest BCUT2D eigenvalue weighted by Gasteiger charge is 2.60. The number of halogens is 3. The molecular weight excluding hydrogens is 373 g/mol. The summed E-state index contributed by atoms with van der Waals surface area (Å²) in [6.07, 6.45) is -2.10. The van der Waals surface area contributed by atoms with Crippen LogP contribution in [0.1, 0.15) is 55.9 Å². The second kappa shape index (κ2) is 6.68. The van der Waals surface area contributed by atoms with Crippen LogP contribution in [0.3, 0.4) is 0 Å². The van der Waals surface area contributed by atoms with E-state index in [9.17, 15) is 18.0 Å². The van der Waals surface area contributed by atoms with Crippen molar-refractivity contribution >= 4 is 5.97 Å². The molecular formula is C20H25F3N2O3. The molecule has 0 aromatic carbocycles. The molecule has 2 aliphatic carbocycles. The van der Waals surface area contributed by atoms with Crippen molar-refractivity contribution in [3.05, 3.63) is 22.8 Å². The molecule has 4 rings (SSSR count). The van der Waals surface area contributed by atoms with E-state index >= 15 is 0 Å². The zero-order valence-corrected chi connectivity index (χ0v) is 16.3. The van der Waals surface area contributed by atoms with E-state index in [1.165, 1.54) is 6.92 Å². The van der Waals surface area contributed by atoms with E-state index in [2.05, 4.69) is 9.97 Å². The number of nitrogens with zero attached hydrogens (tertiary/aromatic N) is 2. The fourth-order valence-electron chi connectivity index (χ4n) is 5.11. The number of aryl methyl sites for hydroxylation is 2. The first-order valence-corrected chi connectivity index (χ1v) is 9.84. The van der Waals surface area contributed by atoms with Crippen molar-refractivity contribution < 1.29 is 27.4 Å². The highest BCUT2D eigenvalue weighted by molar-refractivity contribution is 5.74. The largest absolute Gasteiger partial charge is 0.461 e. The summed E-state index contributed by atoms with van der Waals surface area (Å²) in [4.78, 5) is 20.6. The smallest absolute Gasteiger partial charge is 0.433 e. The molecule has 0 bridgehead atoms. The van der Waals surface area contributed by atoms with Gasteiger partial charge in [0.15, 0.2) is 5.69 Å². The van der Waals surface area contributed by atoms with Gasteiger partial charge in [-0.2, -0.15) is 13.2 Å². The van der Waals surface area contributed by atoms with Gasteiger partial charge in [-0.15, -0.1) is 0 Å². The first kappa shape index (κ1) is 19.6. The minimum absolute atomic E-state index is 0.0268. The molecule has 5 nitrogen and oxygen atoms in total. The summed E-state index contributed by atoms with van der Waals surface area (Å²) in [5.74, 6) is -0.729. The van der Waals surface area contributed by atoms with Crippen LogP contribution in [0.2, 0.25) is 0 Å². The van der Waals surface area contributed by atoms with Crippen LogP contribution in [-0.4, -0.2) is 34.8 Å². The van der Waals surface area contributed by atoms with Crippen LogP contribution >= 0.6 is 0 Å². The van der Waals surface area contributed by atoms with Crippen LogP contribution in [0.5, 0.6) is 0 Å². The van der Waals surface area contributed by atoms with Crippen LogP contribution in [0.4, 0.5) is 13.2 Å². The Morgan fingerprint density at radius 3 is 2.71 bits per heavy atom. The second-order valence-electron chi connectivity index (χ2n) is 8.76. The number of ether oxygens (including phenoxy) is 2. The van der Waals surface area contributed by atoms with Crippen LogP contribution in [0.15, 0.2) is 0 Å². The molecule has 1 saturated carbocycles. The van der Waals surface area contributed by atoms with Gasteiger partial charge in [-0.1, -0.05) is 13.8 Å². The Labute approximate surface area is 162 Å². The fraction of sp³-hybridized carbons (Fsp3) is 0.750. The van der Waals surface area contributed by atoms with E-state index in [0.717, 1.165) is 19.4 Å². The maximum absolute atomic E-state index is 13.4. The Morgan fingerprint density at radius 2 is 2.00 bits per heavy atom. The predicted octanol–water partition coefficient (Wildman–Crippen LogP) is 3.66. The first-order valence-electron chi connectivity index (χ1n) is 9.84. The number of esters is 1. The normalized spacial score (nSPS) is 31.4. The molecule has 1 saturated heterocycles. The van der Waals surface area contributed by atoms with Crippen LogP contribution in [0.25, 0.3) is 0 Å². The van der Waals surface area contributed by atoms with E-state index in [1.807, 2.05) is 13.8 Å². The molecule has 0 spiro atoms. The highest BCUT2D eigenvalue weighted by atomic mass is 19.4. The Morgan fingerprint density at radius 1 is 1.25 bits per heavy atom. The van der Waals surface area contributed by atoms with Crippen molar-refractivity contribution in [1.29, 1.82) is 0 Å². The van der Waals surface area contributed by atoms with E-state index in [-0.39, 0.29) is 41.3 Å². The van der Waals surface area contributed by atoms with E-state index < -0.39 is 23.8 Å². The third-order valence-electron chi connectivity index (χ3n) is 6.45. The zero-order chi connectivity index (χ0) is 20.3. The lowest BCUT2D eigenvalue weighted by Gasteiger charge is -2.58. The monoisotopic (exact) mass is 398 g/mol. The van der Waals surface area contributed by atoms with Crippen LogP contribution in [-0.2, 0) is 33.3 Å². The summed E-state index contributed by atoms with van der Waals surface area (Å²) in [5.41, 5.74) is -0.756. The Kier molecular flexibility index (Phi) is 4.68. The summed E-state index contributed by atoms with van der Waals surface area (Å²) in [6.45, 7) is 6.22. The van der Waals surface area contributed by atoms with Crippen molar-refractivity contribution in [1.82, 2.24) is 9.97 Å². The van der Waals surface area contributed by atoms with Gasteiger partial charge in [-0.05, 0) is 39.0 Å². The molecule has 3 aliphatic rings. The topological polar surface area (TPSA) is 61.3 Å². The van der Waals surface area contributed by atoms with Crippen molar-refractivity contribution in [3.8, 4) is 0 Å². The lowest BCUT2D eigenvalue weighted by Crippen LogP contribution is -2.65. The molecule has 8 heteroatoms. The lowest BCUT2D eigenvalue weighted by atomic mass is 9.56. The molecule has 154 valence electrons. The maximum Gasteiger partial charge on any atom is 0.433 e. The number of rotatable bonds is 2. The molecule has 2 heterocycles. The third kappa shape index (κ3) is 3.19. The first-order chi connectivity index (χ1) is 13.1. The summed E-state index contributed by atoms with van der Waals surface area (Å²) in [5, 5.41) is 0. The van der Waals surface area contributed by atoms with Crippen molar-refractivity contribution in [3.63, 3.8) is 0 Å². The SMILES string of the molecule is Cc1nc2c(c(C(F)(F)F)n1)C[C@H](C(=O)O[C@@H]1[C@@H]3CCCO[C@H]3C1(C)C)CC2. The molecule has 0 radical (unpaired) electrons. The van der Waals surface area contributed by atoms with Crippen LogP contribution in [0, 0.1) is 24.2 Å². The van der Waals surface area contributed by atoms with Crippen molar-refractivity contribution in [2.45, 2.75) is 71.3 Å². The van der Waals surface area contributed by atoms with Gasteiger partial charge in [0.1, 0.15) is 11.9 Å². The standard InChI is InChI=1S/C20H25F3N2O3/c1-10-24-14-7-6-11(9-13(14)15(25-10)20(21,22)23)18(26)28-17-12-5-4-8-27-16(12)19(17,2)3/h11-12,16-17H,4-9H2,1-3H3/t11-,12-,16-,17-/m1/s1. The Balaban J connectivity index is 1.51. The highest BCUT2D eigenvalue weighted by Crippen LogP contribution is 2.53. The molecule has 0 amide bonds. The molecule has 4 atom stereocenters. The number of hydrogen-bond donors (Lipinski definition) is 0. The second-order valence-corrected chi connectivity index (χ2v) is 8.76. The van der Waals surface area contributed by atoms with Crippen molar-refractivity contribution in [2.24, 2.45) is 17.3 Å². The molecule has 1 aliphatic heterocycles. The van der Waals surface area contributed by atoms with Gasteiger partial charge in [-0.25, -0.2) is 9.97 Å². The average Bonchev–Trinajstić information content (AvgIpc) is 2.64. The Bertz CT molecular complexity index is 794. The minimum atomic E-state index is -4.56. The van der Waals surface area contributed by atoms with Gasteiger partial charge in [0.25, 0.3) is 0 Å². The number of alkyl halides is 3. The molecule has 28 heavy (non-hydrogen) atoms. The summed E-state index contributed by atoms with van der Waals surface area (Å²) >= 11 is 0. The maximum atomic E-state index is 13.4. The summed E-state index contributed by atoms with van der Waals surface area (Å²) in [7, 11) is 0. The van der Waals surface area contributed by atoms with Gasteiger partial charge in [0.05, 0.1) is 12.0 Å². The number of hydrogen-bond acceptors (Lipinski definition) is 5. The number of carbonyl (C=O) groups is 1. The Hall–Kier alpha value is -1.70. The quantitative estimate of drug-likeness (QED) is 0.712. The molecule has 2 fully saturated rings. The predicted molar refractivity (Wildman–Crippen MR) is 93.4 cm³/mol. The molecule has 0 N–H and O–H groups in total. The molecule has 1 aromatic rings. The van der Waals surface area contributed by atoms with Gasteiger partial charge in [0, 0.05) is 29.2 Å². The fourth-order valence-corrected chi connectivity index (χ4v) is 5.11. The summed E-state index contributed by atoms with van der Waals surface area (Å²) < 4.78 is 51.9. The molecule has 1 aromatic heterocycles. The molecule has 0 unspecified atom stereocenters. The number of fused-ring (bicyclic) bond motifs is 2. The van der Waals surface area contributed by atoms with E-state index in [4.69, 9.17) is 9.47 Å². The number of carbonyl (C=O) groups excluding carboxylic acids is 1. The van der Waals surface area contributed by atoms with E-state index in [1.54, 1.807) is 0 Å². The minimum Gasteiger partial charge on any atom is -0.461 e. The van der Waals surface area contributed by atoms with Crippen molar-refractivity contribution in [2.75, 3.05) is 6.61 Å². The van der Waals surface area contributed by atoms with Gasteiger partial charge in [-0.3, -0.25) is 4.79 Å². The zero-order valence-electron chi connectivity index (χ0n) is 16.3. The number of aromatic nitrogens is 2. The summed E-state index contributed by atoms with van der Waals surface area (Å²) in [6, 6.07) is 0. The van der Waals surface area contributed by atoms with Gasteiger partial charge < -0.3 is 9.47 Å². The van der Waals surface area contributed by atoms with E-state index in [0.29, 0.717) is 18.5 Å². The van der Waals surface area contributed by atoms with Gasteiger partial charge in [0.2, 0.25) is 0 Å².